The van der Waals surface area contributed by atoms with Gasteiger partial charge in [-0.2, -0.15) is 13.2 Å². The fraction of sp³-hybridized carbons (Fsp3) is 0.308. The second kappa shape index (κ2) is 4.15. The van der Waals surface area contributed by atoms with Gasteiger partial charge in [0.2, 0.25) is 0 Å². The van der Waals surface area contributed by atoms with Crippen LogP contribution in [0, 0.1) is 5.92 Å². The number of carbonyl (C=O) groups is 1. The number of benzene rings is 1. The molecular formula is C13H12F3NO. The molecule has 1 heterocycles. The molecule has 0 atom stereocenters. The molecule has 96 valence electrons. The van der Waals surface area contributed by atoms with E-state index in [0.717, 1.165) is 12.1 Å². The van der Waals surface area contributed by atoms with E-state index in [9.17, 15) is 18.0 Å². The summed E-state index contributed by atoms with van der Waals surface area (Å²) in [5, 5.41) is 0.529. The van der Waals surface area contributed by atoms with Crippen LogP contribution < -0.4 is 0 Å². The summed E-state index contributed by atoms with van der Waals surface area (Å²) < 4.78 is 37.6. The zero-order chi connectivity index (χ0) is 13.5. The second-order valence-corrected chi connectivity index (χ2v) is 4.48. The third-order valence-corrected chi connectivity index (χ3v) is 2.80. The van der Waals surface area contributed by atoms with Crippen LogP contribution in [0.3, 0.4) is 0 Å². The van der Waals surface area contributed by atoms with Gasteiger partial charge in [0, 0.05) is 28.6 Å². The topological polar surface area (TPSA) is 32.9 Å². The summed E-state index contributed by atoms with van der Waals surface area (Å²) >= 11 is 0. The second-order valence-electron chi connectivity index (χ2n) is 4.48. The molecule has 2 nitrogen and oxygen atoms in total. The molecule has 1 N–H and O–H groups in total. The van der Waals surface area contributed by atoms with Gasteiger partial charge in [-0.15, -0.1) is 0 Å². The van der Waals surface area contributed by atoms with Crippen LogP contribution >= 0.6 is 0 Å². The van der Waals surface area contributed by atoms with E-state index in [-0.39, 0.29) is 11.7 Å². The first kappa shape index (κ1) is 12.7. The summed E-state index contributed by atoms with van der Waals surface area (Å²) in [5.74, 6) is -0.271. The number of hydrogen-bond donors (Lipinski definition) is 1. The number of fused-ring (bicyclic) bond motifs is 1. The highest BCUT2D eigenvalue weighted by Gasteiger charge is 2.31. The van der Waals surface area contributed by atoms with Gasteiger partial charge in [0.05, 0.1) is 5.56 Å². The molecule has 0 saturated heterocycles. The third-order valence-electron chi connectivity index (χ3n) is 2.80. The lowest BCUT2D eigenvalue weighted by atomic mass is 10.00. The van der Waals surface area contributed by atoms with E-state index in [0.29, 0.717) is 16.5 Å². The molecule has 2 aromatic rings. The maximum absolute atomic E-state index is 12.5. The molecule has 1 aromatic carbocycles. The first-order valence-corrected chi connectivity index (χ1v) is 5.53. The Hall–Kier alpha value is -1.78. The number of alkyl halides is 3. The standard InChI is InChI=1S/C13H12F3NO/c1-7(2)12(18)10-6-17-11-5-8(13(14,15)16)3-4-9(10)11/h3-7,17H,1-2H3. The molecule has 0 radical (unpaired) electrons. The van der Waals surface area contributed by atoms with Crippen LogP contribution in [0.15, 0.2) is 24.4 Å². The number of halogens is 3. The predicted molar refractivity (Wildman–Crippen MR) is 62.5 cm³/mol. The molecule has 0 aliphatic heterocycles. The molecule has 0 aliphatic rings. The molecule has 0 bridgehead atoms. The van der Waals surface area contributed by atoms with Gasteiger partial charge in [-0.1, -0.05) is 19.9 Å². The number of Topliss-reactive ketones (excluding diaryl/α,β-unsaturated/α-hetero) is 1. The van der Waals surface area contributed by atoms with Crippen molar-refractivity contribution in [2.75, 3.05) is 0 Å². The van der Waals surface area contributed by atoms with Crippen molar-refractivity contribution in [3.8, 4) is 0 Å². The van der Waals surface area contributed by atoms with Gasteiger partial charge in [-0.3, -0.25) is 4.79 Å². The van der Waals surface area contributed by atoms with Crippen molar-refractivity contribution < 1.29 is 18.0 Å². The van der Waals surface area contributed by atoms with Crippen LogP contribution in [0.1, 0.15) is 29.8 Å². The first-order valence-electron chi connectivity index (χ1n) is 5.53. The third kappa shape index (κ3) is 2.12. The number of H-pyrrole nitrogens is 1. The van der Waals surface area contributed by atoms with Crippen molar-refractivity contribution in [2.45, 2.75) is 20.0 Å². The van der Waals surface area contributed by atoms with Crippen molar-refractivity contribution in [3.05, 3.63) is 35.5 Å². The van der Waals surface area contributed by atoms with Crippen LogP contribution in [-0.2, 0) is 6.18 Å². The van der Waals surface area contributed by atoms with Crippen LogP contribution in [0.25, 0.3) is 10.9 Å². The van der Waals surface area contributed by atoms with E-state index < -0.39 is 11.7 Å². The molecule has 0 unspecified atom stereocenters. The van der Waals surface area contributed by atoms with E-state index in [4.69, 9.17) is 0 Å². The molecule has 0 spiro atoms. The van der Waals surface area contributed by atoms with Crippen LogP contribution in [0.4, 0.5) is 13.2 Å². The molecule has 2 rings (SSSR count). The molecule has 0 amide bonds. The Morgan fingerprint density at radius 3 is 2.50 bits per heavy atom. The Balaban J connectivity index is 2.54. The van der Waals surface area contributed by atoms with Crippen molar-refractivity contribution >= 4 is 16.7 Å². The Labute approximate surface area is 102 Å². The van der Waals surface area contributed by atoms with Crippen molar-refractivity contribution in [1.82, 2.24) is 4.98 Å². The molecule has 0 aliphatic carbocycles. The Morgan fingerprint density at radius 2 is 1.94 bits per heavy atom. The summed E-state index contributed by atoms with van der Waals surface area (Å²) in [4.78, 5) is 14.6. The number of rotatable bonds is 2. The number of nitrogens with one attached hydrogen (secondary N) is 1. The van der Waals surface area contributed by atoms with E-state index in [1.165, 1.54) is 12.3 Å². The summed E-state index contributed by atoms with van der Waals surface area (Å²) in [6.07, 6.45) is -2.91. The lowest BCUT2D eigenvalue weighted by Gasteiger charge is -2.06. The minimum absolute atomic E-state index is 0.0824. The number of aromatic nitrogens is 1. The molecule has 5 heteroatoms. The maximum Gasteiger partial charge on any atom is 0.416 e. The fourth-order valence-electron chi connectivity index (χ4n) is 1.82. The van der Waals surface area contributed by atoms with E-state index >= 15 is 0 Å². The van der Waals surface area contributed by atoms with E-state index in [2.05, 4.69) is 4.98 Å². The summed E-state index contributed by atoms with van der Waals surface area (Å²) in [6.45, 7) is 3.51. The number of hydrogen-bond acceptors (Lipinski definition) is 1. The molecule has 1 aromatic heterocycles. The minimum atomic E-state index is -4.37. The fourth-order valence-corrected chi connectivity index (χ4v) is 1.82. The zero-order valence-electron chi connectivity index (χ0n) is 9.93. The average Bonchev–Trinajstić information content (AvgIpc) is 2.69. The predicted octanol–water partition coefficient (Wildman–Crippen LogP) is 4.03. The highest BCUT2D eigenvalue weighted by Crippen LogP contribution is 2.32. The number of aromatic amines is 1. The smallest absolute Gasteiger partial charge is 0.360 e. The molecule has 18 heavy (non-hydrogen) atoms. The highest BCUT2D eigenvalue weighted by molar-refractivity contribution is 6.08. The monoisotopic (exact) mass is 255 g/mol. The van der Waals surface area contributed by atoms with Gasteiger partial charge in [-0.25, -0.2) is 0 Å². The van der Waals surface area contributed by atoms with Crippen LogP contribution in [0.5, 0.6) is 0 Å². The summed E-state index contributed by atoms with van der Waals surface area (Å²) in [7, 11) is 0. The van der Waals surface area contributed by atoms with Crippen LogP contribution in [0.2, 0.25) is 0 Å². The number of carbonyl (C=O) groups excluding carboxylic acids is 1. The Kier molecular flexibility index (Phi) is 2.92. The average molecular weight is 255 g/mol. The quantitative estimate of drug-likeness (QED) is 0.807. The summed E-state index contributed by atoms with van der Waals surface area (Å²) in [6, 6.07) is 3.35. The molecule has 0 saturated carbocycles. The van der Waals surface area contributed by atoms with Crippen LogP contribution in [-0.4, -0.2) is 10.8 Å². The lowest BCUT2D eigenvalue weighted by Crippen LogP contribution is -2.07. The zero-order valence-corrected chi connectivity index (χ0v) is 9.93. The normalized spacial score (nSPS) is 12.3. The first-order chi connectivity index (χ1) is 8.30. The van der Waals surface area contributed by atoms with Crippen molar-refractivity contribution in [3.63, 3.8) is 0 Å². The highest BCUT2D eigenvalue weighted by atomic mass is 19.4. The molecular weight excluding hydrogens is 243 g/mol. The van der Waals surface area contributed by atoms with Gasteiger partial charge in [-0.05, 0) is 12.1 Å². The number of ketones is 1. The van der Waals surface area contributed by atoms with E-state index in [1.807, 2.05) is 0 Å². The largest absolute Gasteiger partial charge is 0.416 e. The van der Waals surface area contributed by atoms with Crippen molar-refractivity contribution in [1.29, 1.82) is 0 Å². The van der Waals surface area contributed by atoms with Gasteiger partial charge >= 0.3 is 6.18 Å². The van der Waals surface area contributed by atoms with Gasteiger partial charge in [0.15, 0.2) is 5.78 Å². The Bertz CT molecular complexity index is 596. The van der Waals surface area contributed by atoms with E-state index in [1.54, 1.807) is 13.8 Å². The van der Waals surface area contributed by atoms with Gasteiger partial charge in [0.25, 0.3) is 0 Å². The summed E-state index contributed by atoms with van der Waals surface area (Å²) in [5.41, 5.74) is 0.0444. The minimum Gasteiger partial charge on any atom is -0.360 e. The lowest BCUT2D eigenvalue weighted by molar-refractivity contribution is -0.137. The SMILES string of the molecule is CC(C)C(=O)c1c[nH]c2cc(C(F)(F)F)ccc12. The Morgan fingerprint density at radius 1 is 1.28 bits per heavy atom. The molecule has 0 fully saturated rings. The van der Waals surface area contributed by atoms with Crippen molar-refractivity contribution in [2.24, 2.45) is 5.92 Å². The van der Waals surface area contributed by atoms with Gasteiger partial charge < -0.3 is 4.98 Å². The van der Waals surface area contributed by atoms with Gasteiger partial charge in [0.1, 0.15) is 0 Å². The maximum atomic E-state index is 12.5.